The van der Waals surface area contributed by atoms with Gasteiger partial charge in [-0.15, -0.1) is 0 Å². The molecule has 0 atom stereocenters. The molecular weight excluding hydrogens is 188 g/mol. The predicted octanol–water partition coefficient (Wildman–Crippen LogP) is 1.44. The molecule has 0 aromatic heterocycles. The number of likely N-dealkylation sites (N-methyl/N-ethyl adjacent to an activating group) is 1. The monoisotopic (exact) mass is 214 g/mol. The van der Waals surface area contributed by atoms with Gasteiger partial charge >= 0.3 is 0 Å². The molecule has 0 aliphatic carbocycles. The van der Waals surface area contributed by atoms with Gasteiger partial charge in [0.2, 0.25) is 0 Å². The molecule has 1 saturated heterocycles. The molecule has 0 aromatic carbocycles. The Morgan fingerprint density at radius 1 is 1.20 bits per heavy atom. The van der Waals surface area contributed by atoms with Gasteiger partial charge in [0.15, 0.2) is 0 Å². The molecule has 3 heteroatoms. The Labute approximate surface area is 94.4 Å². The zero-order chi connectivity index (χ0) is 11.1. The Kier molecular flexibility index (Phi) is 6.22. The summed E-state index contributed by atoms with van der Waals surface area (Å²) in [4.78, 5) is 4.92. The normalized spacial score (nSPS) is 18.2. The van der Waals surface area contributed by atoms with E-state index in [-0.39, 0.29) is 0 Å². The van der Waals surface area contributed by atoms with Crippen molar-refractivity contribution < 1.29 is 4.74 Å². The smallest absolute Gasteiger partial charge is 0.0596 e. The fraction of sp³-hybridized carbons (Fsp3) is 1.00. The number of likely N-dealkylation sites (tertiary alicyclic amines) is 1. The van der Waals surface area contributed by atoms with E-state index >= 15 is 0 Å². The minimum Gasteiger partial charge on any atom is -0.377 e. The second-order valence-electron chi connectivity index (χ2n) is 4.77. The summed E-state index contributed by atoms with van der Waals surface area (Å²) in [5, 5.41) is 0. The number of nitrogens with zero attached hydrogens (tertiary/aromatic N) is 2. The van der Waals surface area contributed by atoms with Gasteiger partial charge in [-0.25, -0.2) is 0 Å². The summed E-state index contributed by atoms with van der Waals surface area (Å²) >= 11 is 0. The molecule has 0 bridgehead atoms. The molecule has 0 unspecified atom stereocenters. The van der Waals surface area contributed by atoms with Crippen LogP contribution in [0.25, 0.3) is 0 Å². The van der Waals surface area contributed by atoms with E-state index in [0.29, 0.717) is 6.10 Å². The zero-order valence-electron chi connectivity index (χ0n) is 10.5. The minimum atomic E-state index is 0.358. The number of hydrogen-bond donors (Lipinski definition) is 0. The molecule has 1 aliphatic heterocycles. The Morgan fingerprint density at radius 3 is 2.47 bits per heavy atom. The van der Waals surface area contributed by atoms with Gasteiger partial charge in [0, 0.05) is 19.6 Å². The van der Waals surface area contributed by atoms with Crippen LogP contribution in [-0.2, 0) is 4.74 Å². The summed E-state index contributed by atoms with van der Waals surface area (Å²) in [6.45, 7) is 11.1. The molecule has 0 spiro atoms. The van der Waals surface area contributed by atoms with Crippen molar-refractivity contribution in [1.82, 2.24) is 9.80 Å². The number of ether oxygens (including phenoxy) is 1. The van der Waals surface area contributed by atoms with Crippen LogP contribution in [0, 0.1) is 0 Å². The van der Waals surface area contributed by atoms with Crippen molar-refractivity contribution in [2.45, 2.75) is 32.8 Å². The summed E-state index contributed by atoms with van der Waals surface area (Å²) in [5.41, 5.74) is 0. The quantitative estimate of drug-likeness (QED) is 0.638. The Morgan fingerprint density at radius 2 is 1.87 bits per heavy atom. The van der Waals surface area contributed by atoms with Crippen LogP contribution < -0.4 is 0 Å². The second kappa shape index (κ2) is 7.20. The van der Waals surface area contributed by atoms with Gasteiger partial charge in [-0.3, -0.25) is 0 Å². The highest BCUT2D eigenvalue weighted by molar-refractivity contribution is 4.67. The van der Waals surface area contributed by atoms with Crippen molar-refractivity contribution in [3.8, 4) is 0 Å². The summed E-state index contributed by atoms with van der Waals surface area (Å²) in [6, 6.07) is 0. The van der Waals surface area contributed by atoms with Crippen molar-refractivity contribution in [2.24, 2.45) is 0 Å². The van der Waals surface area contributed by atoms with Crippen molar-refractivity contribution in [1.29, 1.82) is 0 Å². The summed E-state index contributed by atoms with van der Waals surface area (Å²) < 4.78 is 5.53. The lowest BCUT2D eigenvalue weighted by molar-refractivity contribution is 0.0625. The van der Waals surface area contributed by atoms with Crippen LogP contribution in [0.15, 0.2) is 0 Å². The van der Waals surface area contributed by atoms with Crippen molar-refractivity contribution >= 4 is 0 Å². The van der Waals surface area contributed by atoms with E-state index in [1.165, 1.54) is 39.0 Å². The largest absolute Gasteiger partial charge is 0.377 e. The van der Waals surface area contributed by atoms with Gasteiger partial charge in [0.25, 0.3) is 0 Å². The van der Waals surface area contributed by atoms with Crippen LogP contribution in [0.1, 0.15) is 26.7 Å². The summed E-state index contributed by atoms with van der Waals surface area (Å²) in [7, 11) is 2.18. The predicted molar refractivity (Wildman–Crippen MR) is 64.3 cm³/mol. The molecule has 0 N–H and O–H groups in total. The first-order valence-corrected chi connectivity index (χ1v) is 6.21. The van der Waals surface area contributed by atoms with Gasteiger partial charge in [-0.05, 0) is 46.8 Å². The highest BCUT2D eigenvalue weighted by Crippen LogP contribution is 2.06. The molecule has 15 heavy (non-hydrogen) atoms. The van der Waals surface area contributed by atoms with E-state index in [4.69, 9.17) is 4.74 Å². The van der Waals surface area contributed by atoms with Crippen molar-refractivity contribution in [3.05, 3.63) is 0 Å². The molecule has 1 rings (SSSR count). The van der Waals surface area contributed by atoms with E-state index in [1.807, 2.05) is 0 Å². The molecule has 0 aromatic rings. The average Bonchev–Trinajstić information content (AvgIpc) is 2.66. The van der Waals surface area contributed by atoms with Crippen LogP contribution >= 0.6 is 0 Å². The summed E-state index contributed by atoms with van der Waals surface area (Å²) in [6.07, 6.45) is 3.14. The SMILES string of the molecule is CC(C)OCCN(C)CCN1CCCC1. The molecule has 0 amide bonds. The zero-order valence-corrected chi connectivity index (χ0v) is 10.5. The highest BCUT2D eigenvalue weighted by Gasteiger charge is 2.11. The topological polar surface area (TPSA) is 15.7 Å². The van der Waals surface area contributed by atoms with Gasteiger partial charge in [-0.1, -0.05) is 0 Å². The minimum absolute atomic E-state index is 0.358. The third-order valence-corrected chi connectivity index (χ3v) is 2.92. The standard InChI is InChI=1S/C12H26N2O/c1-12(2)15-11-10-13(3)8-9-14-6-4-5-7-14/h12H,4-11H2,1-3H3. The fourth-order valence-corrected chi connectivity index (χ4v) is 1.87. The average molecular weight is 214 g/mol. The van der Waals surface area contributed by atoms with Crippen LogP contribution in [0.3, 0.4) is 0 Å². The van der Waals surface area contributed by atoms with Crippen LogP contribution in [0.4, 0.5) is 0 Å². The Hall–Kier alpha value is -0.120. The van der Waals surface area contributed by atoms with Crippen molar-refractivity contribution in [3.63, 3.8) is 0 Å². The van der Waals surface area contributed by atoms with Gasteiger partial charge in [-0.2, -0.15) is 0 Å². The molecule has 1 fully saturated rings. The van der Waals surface area contributed by atoms with Gasteiger partial charge in [0.05, 0.1) is 12.7 Å². The molecule has 0 radical (unpaired) electrons. The molecule has 3 nitrogen and oxygen atoms in total. The molecule has 1 aliphatic rings. The maximum absolute atomic E-state index is 5.53. The first-order valence-electron chi connectivity index (χ1n) is 6.21. The molecular formula is C12H26N2O. The number of rotatable bonds is 7. The van der Waals surface area contributed by atoms with Crippen LogP contribution in [0.5, 0.6) is 0 Å². The highest BCUT2D eigenvalue weighted by atomic mass is 16.5. The van der Waals surface area contributed by atoms with E-state index in [0.717, 1.165) is 13.2 Å². The molecule has 0 saturated carbocycles. The van der Waals surface area contributed by atoms with E-state index in [1.54, 1.807) is 0 Å². The molecule has 90 valence electrons. The van der Waals surface area contributed by atoms with Crippen LogP contribution in [-0.4, -0.2) is 62.3 Å². The maximum atomic E-state index is 5.53. The first kappa shape index (κ1) is 12.9. The Balaban J connectivity index is 1.95. The fourth-order valence-electron chi connectivity index (χ4n) is 1.87. The van der Waals surface area contributed by atoms with Gasteiger partial charge in [0.1, 0.15) is 0 Å². The lowest BCUT2D eigenvalue weighted by atomic mass is 10.4. The lowest BCUT2D eigenvalue weighted by Gasteiger charge is -2.21. The maximum Gasteiger partial charge on any atom is 0.0596 e. The lowest BCUT2D eigenvalue weighted by Crippen LogP contribution is -2.33. The van der Waals surface area contributed by atoms with E-state index in [2.05, 4.69) is 30.7 Å². The summed E-state index contributed by atoms with van der Waals surface area (Å²) in [5.74, 6) is 0. The van der Waals surface area contributed by atoms with Crippen LogP contribution in [0.2, 0.25) is 0 Å². The Bertz CT molecular complexity index is 156. The third-order valence-electron chi connectivity index (χ3n) is 2.92. The van der Waals surface area contributed by atoms with Gasteiger partial charge < -0.3 is 14.5 Å². The van der Waals surface area contributed by atoms with E-state index < -0.39 is 0 Å². The van der Waals surface area contributed by atoms with Crippen molar-refractivity contribution in [2.75, 3.05) is 46.4 Å². The van der Waals surface area contributed by atoms with E-state index in [9.17, 15) is 0 Å². The third kappa shape index (κ3) is 6.13. The molecule has 1 heterocycles. The first-order chi connectivity index (χ1) is 7.18. The second-order valence-corrected chi connectivity index (χ2v) is 4.77. The number of hydrogen-bond acceptors (Lipinski definition) is 3.